The molecule has 0 heterocycles. The monoisotopic (exact) mass is 292 g/mol. The number of nitrogens with zero attached hydrogens (tertiary/aromatic N) is 1. The molecule has 0 aliphatic rings. The van der Waals surface area contributed by atoms with Crippen LogP contribution in [-0.2, 0) is 4.79 Å². The van der Waals surface area contributed by atoms with Crippen LogP contribution in [0.4, 0.5) is 5.69 Å². The zero-order valence-electron chi connectivity index (χ0n) is 13.8. The topological polar surface area (TPSA) is 52.6 Å². The minimum Gasteiger partial charge on any atom is -0.391 e. The molecule has 0 fully saturated rings. The summed E-state index contributed by atoms with van der Waals surface area (Å²) in [6.07, 6.45) is -0.0238. The van der Waals surface area contributed by atoms with Crippen molar-refractivity contribution >= 4 is 11.6 Å². The third-order valence-corrected chi connectivity index (χ3v) is 3.66. The number of aliphatic hydroxyl groups is 1. The van der Waals surface area contributed by atoms with Crippen LogP contribution in [0.1, 0.15) is 34.1 Å². The first-order chi connectivity index (χ1) is 9.71. The van der Waals surface area contributed by atoms with Crippen LogP contribution in [-0.4, -0.2) is 36.8 Å². The van der Waals surface area contributed by atoms with Gasteiger partial charge in [0.1, 0.15) is 0 Å². The van der Waals surface area contributed by atoms with E-state index < -0.39 is 6.10 Å². The van der Waals surface area contributed by atoms with Crippen LogP contribution in [0.15, 0.2) is 30.3 Å². The molecule has 0 spiro atoms. The second-order valence-electron chi connectivity index (χ2n) is 6.68. The predicted octanol–water partition coefficient (Wildman–Crippen LogP) is 2.42. The summed E-state index contributed by atoms with van der Waals surface area (Å²) in [6.45, 7) is 8.45. The fourth-order valence-electron chi connectivity index (χ4n) is 1.89. The van der Waals surface area contributed by atoms with E-state index in [9.17, 15) is 9.90 Å². The summed E-state index contributed by atoms with van der Waals surface area (Å²) >= 11 is 0. The SMILES string of the molecule is CC(CC(=O)N(C)c1ccccc1)NCC(O)C(C)(C)C. The number of carbonyl (C=O) groups is 1. The van der Waals surface area contributed by atoms with Gasteiger partial charge in [0.05, 0.1) is 6.10 Å². The number of anilines is 1. The van der Waals surface area contributed by atoms with Gasteiger partial charge in [0.2, 0.25) is 5.91 Å². The highest BCUT2D eigenvalue weighted by Crippen LogP contribution is 2.18. The van der Waals surface area contributed by atoms with Crippen molar-refractivity contribution in [3.05, 3.63) is 30.3 Å². The molecule has 0 aliphatic heterocycles. The maximum absolute atomic E-state index is 12.2. The average molecular weight is 292 g/mol. The Hall–Kier alpha value is -1.39. The summed E-state index contributed by atoms with van der Waals surface area (Å²) in [5.74, 6) is 0.0615. The molecule has 0 aromatic heterocycles. The van der Waals surface area contributed by atoms with Crippen LogP contribution in [0.3, 0.4) is 0 Å². The fourth-order valence-corrected chi connectivity index (χ4v) is 1.89. The Morgan fingerprint density at radius 2 is 1.86 bits per heavy atom. The van der Waals surface area contributed by atoms with Crippen molar-refractivity contribution in [2.45, 2.75) is 46.3 Å². The average Bonchev–Trinajstić information content (AvgIpc) is 2.43. The molecule has 0 aliphatic carbocycles. The van der Waals surface area contributed by atoms with Gasteiger partial charge in [-0.05, 0) is 24.5 Å². The first-order valence-electron chi connectivity index (χ1n) is 7.45. The number of hydrogen-bond acceptors (Lipinski definition) is 3. The number of rotatable bonds is 6. The van der Waals surface area contributed by atoms with Crippen molar-refractivity contribution in [3.8, 4) is 0 Å². The molecule has 1 amide bonds. The zero-order valence-corrected chi connectivity index (χ0v) is 13.8. The molecule has 2 atom stereocenters. The third kappa shape index (κ3) is 5.86. The van der Waals surface area contributed by atoms with Crippen LogP contribution in [0.2, 0.25) is 0 Å². The van der Waals surface area contributed by atoms with E-state index in [1.807, 2.05) is 58.0 Å². The van der Waals surface area contributed by atoms with Gasteiger partial charge in [-0.15, -0.1) is 0 Å². The van der Waals surface area contributed by atoms with Gasteiger partial charge in [-0.2, -0.15) is 0 Å². The molecule has 0 saturated heterocycles. The molecule has 21 heavy (non-hydrogen) atoms. The first-order valence-corrected chi connectivity index (χ1v) is 7.45. The molecule has 2 N–H and O–H groups in total. The lowest BCUT2D eigenvalue weighted by molar-refractivity contribution is -0.118. The summed E-state index contributed by atoms with van der Waals surface area (Å²) in [5.41, 5.74) is 0.738. The molecule has 0 bridgehead atoms. The van der Waals surface area contributed by atoms with Crippen molar-refractivity contribution in [2.75, 3.05) is 18.5 Å². The Balaban J connectivity index is 2.44. The third-order valence-electron chi connectivity index (χ3n) is 3.66. The standard InChI is InChI=1S/C17H28N2O2/c1-13(18-12-15(20)17(2,3)4)11-16(21)19(5)14-9-7-6-8-10-14/h6-10,13,15,18,20H,11-12H2,1-5H3. The molecule has 1 rings (SSSR count). The van der Waals surface area contributed by atoms with Crippen LogP contribution in [0.25, 0.3) is 0 Å². The van der Waals surface area contributed by atoms with Crippen LogP contribution in [0.5, 0.6) is 0 Å². The molecule has 118 valence electrons. The Morgan fingerprint density at radius 3 is 2.38 bits per heavy atom. The number of nitrogens with one attached hydrogen (secondary N) is 1. The van der Waals surface area contributed by atoms with E-state index in [1.54, 1.807) is 11.9 Å². The molecular weight excluding hydrogens is 264 g/mol. The maximum Gasteiger partial charge on any atom is 0.228 e. The van der Waals surface area contributed by atoms with E-state index in [-0.39, 0.29) is 17.4 Å². The maximum atomic E-state index is 12.2. The Labute approximate surface area is 128 Å². The predicted molar refractivity (Wildman–Crippen MR) is 87.4 cm³/mol. The summed E-state index contributed by atoms with van der Waals surface area (Å²) in [5, 5.41) is 13.2. The van der Waals surface area contributed by atoms with Crippen molar-refractivity contribution in [1.29, 1.82) is 0 Å². The van der Waals surface area contributed by atoms with Gasteiger partial charge in [0, 0.05) is 31.7 Å². The van der Waals surface area contributed by atoms with Crippen molar-refractivity contribution in [2.24, 2.45) is 5.41 Å². The van der Waals surface area contributed by atoms with E-state index in [1.165, 1.54) is 0 Å². The smallest absolute Gasteiger partial charge is 0.228 e. The van der Waals surface area contributed by atoms with E-state index in [0.717, 1.165) is 5.69 Å². The number of carbonyl (C=O) groups excluding carboxylic acids is 1. The van der Waals surface area contributed by atoms with Gasteiger partial charge < -0.3 is 15.3 Å². The Bertz CT molecular complexity index is 440. The quantitative estimate of drug-likeness (QED) is 0.846. The van der Waals surface area contributed by atoms with Gasteiger partial charge >= 0.3 is 0 Å². The first kappa shape index (κ1) is 17.7. The lowest BCUT2D eigenvalue weighted by Crippen LogP contribution is -2.42. The number of para-hydroxylation sites is 1. The minimum atomic E-state index is -0.429. The lowest BCUT2D eigenvalue weighted by atomic mass is 9.89. The minimum absolute atomic E-state index is 0.0284. The van der Waals surface area contributed by atoms with Gasteiger partial charge in [-0.25, -0.2) is 0 Å². The van der Waals surface area contributed by atoms with Gasteiger partial charge in [-0.1, -0.05) is 39.0 Å². The van der Waals surface area contributed by atoms with E-state index in [2.05, 4.69) is 5.32 Å². The molecule has 1 aromatic carbocycles. The summed E-state index contributed by atoms with van der Waals surface area (Å²) in [7, 11) is 1.79. The molecule has 0 radical (unpaired) electrons. The molecule has 4 nitrogen and oxygen atoms in total. The highest BCUT2D eigenvalue weighted by atomic mass is 16.3. The van der Waals surface area contributed by atoms with Crippen LogP contribution >= 0.6 is 0 Å². The Morgan fingerprint density at radius 1 is 1.29 bits per heavy atom. The summed E-state index contributed by atoms with van der Waals surface area (Å²) in [4.78, 5) is 13.9. The van der Waals surface area contributed by atoms with Gasteiger partial charge in [-0.3, -0.25) is 4.79 Å². The van der Waals surface area contributed by atoms with Crippen molar-refractivity contribution in [3.63, 3.8) is 0 Å². The number of benzene rings is 1. The molecule has 2 unspecified atom stereocenters. The molecule has 4 heteroatoms. The van der Waals surface area contributed by atoms with Crippen LogP contribution < -0.4 is 10.2 Å². The fraction of sp³-hybridized carbons (Fsp3) is 0.588. The zero-order chi connectivity index (χ0) is 16.0. The highest BCUT2D eigenvalue weighted by molar-refractivity contribution is 5.93. The summed E-state index contributed by atoms with van der Waals surface area (Å²) < 4.78 is 0. The number of amides is 1. The molecule has 0 saturated carbocycles. The van der Waals surface area contributed by atoms with E-state index in [4.69, 9.17) is 0 Å². The van der Waals surface area contributed by atoms with E-state index >= 15 is 0 Å². The largest absolute Gasteiger partial charge is 0.391 e. The number of hydrogen-bond donors (Lipinski definition) is 2. The van der Waals surface area contributed by atoms with Crippen LogP contribution in [0, 0.1) is 5.41 Å². The van der Waals surface area contributed by atoms with Crippen molar-refractivity contribution < 1.29 is 9.90 Å². The Kier molecular flexibility index (Phi) is 6.37. The van der Waals surface area contributed by atoms with Crippen molar-refractivity contribution in [1.82, 2.24) is 5.32 Å². The lowest BCUT2D eigenvalue weighted by Gasteiger charge is -2.28. The van der Waals surface area contributed by atoms with Gasteiger partial charge in [0.15, 0.2) is 0 Å². The number of aliphatic hydroxyl groups excluding tert-OH is 1. The highest BCUT2D eigenvalue weighted by Gasteiger charge is 2.23. The summed E-state index contributed by atoms with van der Waals surface area (Å²) in [6, 6.07) is 9.63. The van der Waals surface area contributed by atoms with E-state index in [0.29, 0.717) is 13.0 Å². The van der Waals surface area contributed by atoms with Gasteiger partial charge in [0.25, 0.3) is 0 Å². The normalized spacial score (nSPS) is 14.6. The molecule has 1 aromatic rings. The second-order valence-corrected chi connectivity index (χ2v) is 6.68. The molecular formula is C17H28N2O2. The second kappa shape index (κ2) is 7.57.